The van der Waals surface area contributed by atoms with Crippen molar-refractivity contribution in [2.45, 2.75) is 68.0 Å². The standard InChI is InChI=1S/C23H33N7O15P2/c1-10(31)23(17(35)16(34)22(44-23)30-9-28-13-18(24)26-8-27-20(13)30)7-42-47(39,40)45-46(37,38)41-6-12-14(32)15(33)21(43-12)29-4-2-3-11(5-29)19(25)36/h2,4-5,8-10,12,14-17,21-22,31-35H,3,6-7H2,1H3,(H2,25,36)(H,37,38)(H,39,40)(H2,24,26,27)/t10?,12-,14-,15-,16-,17+,21-,22-,23-/m1/s1. The molecule has 0 radical (unpaired) electrons. The van der Waals surface area contributed by atoms with Gasteiger partial charge >= 0.3 is 15.6 Å². The lowest BCUT2D eigenvalue weighted by atomic mass is 9.91. The molecule has 2 fully saturated rings. The van der Waals surface area contributed by atoms with Crippen LogP contribution in [0.25, 0.3) is 11.2 Å². The molecule has 0 spiro atoms. The molecule has 0 saturated carbocycles. The highest BCUT2D eigenvalue weighted by Crippen LogP contribution is 2.61. The second kappa shape index (κ2) is 13.2. The number of imidazole rings is 1. The number of ether oxygens (including phenoxy) is 2. The van der Waals surface area contributed by atoms with E-state index >= 15 is 0 Å². The number of rotatable bonds is 12. The minimum absolute atomic E-state index is 0.000951. The van der Waals surface area contributed by atoms with Crippen LogP contribution in [0.15, 0.2) is 36.7 Å². The molecule has 0 aromatic carbocycles. The molecule has 0 bridgehead atoms. The van der Waals surface area contributed by atoms with Gasteiger partial charge in [0.05, 0.1) is 25.6 Å². The number of aliphatic hydroxyl groups excluding tert-OH is 5. The van der Waals surface area contributed by atoms with Crippen LogP contribution >= 0.6 is 15.6 Å². The number of hydrogen-bond acceptors (Lipinski definition) is 18. The van der Waals surface area contributed by atoms with E-state index in [0.717, 1.165) is 13.3 Å². The van der Waals surface area contributed by atoms with E-state index in [4.69, 9.17) is 30.0 Å². The molecule has 3 aliphatic rings. The summed E-state index contributed by atoms with van der Waals surface area (Å²) in [6, 6.07) is 0. The minimum Gasteiger partial charge on any atom is -0.390 e. The van der Waals surface area contributed by atoms with Gasteiger partial charge in [-0.05, 0) is 13.3 Å². The van der Waals surface area contributed by atoms with Crippen molar-refractivity contribution in [3.05, 3.63) is 36.7 Å². The third-order valence-electron chi connectivity index (χ3n) is 7.75. The van der Waals surface area contributed by atoms with Gasteiger partial charge in [-0.3, -0.25) is 18.4 Å². The molecule has 2 saturated heterocycles. The van der Waals surface area contributed by atoms with Gasteiger partial charge in [0.2, 0.25) is 5.91 Å². The van der Waals surface area contributed by atoms with E-state index in [1.807, 2.05) is 0 Å². The predicted molar refractivity (Wildman–Crippen MR) is 152 cm³/mol. The molecule has 11 N–H and O–H groups in total. The number of phosphoric acid groups is 2. The highest BCUT2D eigenvalue weighted by molar-refractivity contribution is 7.61. The van der Waals surface area contributed by atoms with Crippen molar-refractivity contribution in [3.63, 3.8) is 0 Å². The third kappa shape index (κ3) is 6.98. The fraction of sp³-hybridized carbons (Fsp3) is 0.565. The highest BCUT2D eigenvalue weighted by Gasteiger charge is 2.59. The second-order valence-electron chi connectivity index (χ2n) is 10.8. The van der Waals surface area contributed by atoms with Crippen molar-refractivity contribution >= 4 is 38.5 Å². The Morgan fingerprint density at radius 3 is 2.49 bits per heavy atom. The van der Waals surface area contributed by atoms with Crippen LogP contribution in [0.4, 0.5) is 5.82 Å². The largest absolute Gasteiger partial charge is 0.481 e. The van der Waals surface area contributed by atoms with E-state index in [-0.39, 0.29) is 29.0 Å². The van der Waals surface area contributed by atoms with E-state index in [2.05, 4.69) is 19.3 Å². The predicted octanol–water partition coefficient (Wildman–Crippen LogP) is -2.94. The van der Waals surface area contributed by atoms with Gasteiger partial charge in [0, 0.05) is 18.0 Å². The number of hydrogen-bond donors (Lipinski definition) is 9. The summed E-state index contributed by atoms with van der Waals surface area (Å²) in [7, 11) is -11.0. The minimum atomic E-state index is -5.56. The zero-order valence-electron chi connectivity index (χ0n) is 24.3. The monoisotopic (exact) mass is 709 g/mol. The average molecular weight is 709 g/mol. The molecule has 22 nitrogen and oxygen atoms in total. The number of fused-ring (bicyclic) bond motifs is 1. The number of nitrogen functional groups attached to an aromatic ring is 1. The number of carbonyl (C=O) groups excluding carboxylic acids is 1. The van der Waals surface area contributed by atoms with Gasteiger partial charge in [-0.15, -0.1) is 0 Å². The van der Waals surface area contributed by atoms with Crippen LogP contribution in [0.3, 0.4) is 0 Å². The van der Waals surface area contributed by atoms with Crippen molar-refractivity contribution in [3.8, 4) is 0 Å². The number of anilines is 1. The van der Waals surface area contributed by atoms with Crippen molar-refractivity contribution in [2.75, 3.05) is 18.9 Å². The number of allylic oxidation sites excluding steroid dienone is 1. The number of aliphatic hydroxyl groups is 5. The van der Waals surface area contributed by atoms with Crippen molar-refractivity contribution in [1.82, 2.24) is 24.4 Å². The number of phosphoric ester groups is 2. The van der Waals surface area contributed by atoms with E-state index < -0.39 is 89.4 Å². The van der Waals surface area contributed by atoms with Crippen LogP contribution in [0.5, 0.6) is 0 Å². The first-order chi connectivity index (χ1) is 22.0. The summed E-state index contributed by atoms with van der Waals surface area (Å²) in [4.78, 5) is 45.0. The van der Waals surface area contributed by atoms with E-state index in [1.54, 1.807) is 6.08 Å². The van der Waals surface area contributed by atoms with Crippen LogP contribution < -0.4 is 11.5 Å². The number of nitrogens with zero attached hydrogens (tertiary/aromatic N) is 5. The Hall–Kier alpha value is -2.92. The second-order valence-corrected chi connectivity index (χ2v) is 13.9. The number of amides is 1. The molecule has 2 aromatic heterocycles. The molecule has 3 aliphatic heterocycles. The third-order valence-corrected chi connectivity index (χ3v) is 10.3. The first-order valence-electron chi connectivity index (χ1n) is 13.7. The lowest BCUT2D eigenvalue weighted by Gasteiger charge is -2.34. The van der Waals surface area contributed by atoms with Crippen LogP contribution in [0.1, 0.15) is 19.6 Å². The maximum absolute atomic E-state index is 12.7. The Kier molecular flexibility index (Phi) is 9.92. The highest BCUT2D eigenvalue weighted by atomic mass is 31.3. The molecule has 2 aromatic rings. The fourth-order valence-corrected chi connectivity index (χ4v) is 7.33. The Balaban J connectivity index is 1.22. The molecule has 24 heteroatoms. The SMILES string of the molecule is CC(O)[C@@]1(COP(=O)(O)OP(=O)(O)OC[C@H]2O[C@@H](N3C=CCC(C(N)=O)=C3)[C@H](O)[C@@H]2O)O[C@@H](n2cnc3c(N)ncnc32)[C@H](O)[C@@H]1O. The summed E-state index contributed by atoms with van der Waals surface area (Å²) >= 11 is 0. The van der Waals surface area contributed by atoms with E-state index in [1.165, 1.54) is 28.2 Å². The first kappa shape index (κ1) is 35.4. The van der Waals surface area contributed by atoms with Crippen molar-refractivity contribution in [2.24, 2.45) is 5.73 Å². The molecule has 1 amide bonds. The van der Waals surface area contributed by atoms with Gasteiger partial charge in [0.25, 0.3) is 0 Å². The molecule has 47 heavy (non-hydrogen) atoms. The molecule has 11 atom stereocenters. The molecule has 3 unspecified atom stereocenters. The molecule has 0 aliphatic carbocycles. The van der Waals surface area contributed by atoms with Crippen LogP contribution in [0.2, 0.25) is 0 Å². The number of primary amides is 1. The normalized spacial score (nSPS) is 34.3. The van der Waals surface area contributed by atoms with Gasteiger partial charge in [-0.25, -0.2) is 24.1 Å². The Morgan fingerprint density at radius 2 is 1.81 bits per heavy atom. The Morgan fingerprint density at radius 1 is 1.11 bits per heavy atom. The lowest BCUT2D eigenvalue weighted by Crippen LogP contribution is -2.54. The summed E-state index contributed by atoms with van der Waals surface area (Å²) < 4.78 is 51.6. The van der Waals surface area contributed by atoms with E-state index in [0.29, 0.717) is 0 Å². The van der Waals surface area contributed by atoms with Crippen LogP contribution in [0, 0.1) is 0 Å². The molecule has 5 rings (SSSR count). The number of aromatic nitrogens is 4. The quantitative estimate of drug-likeness (QED) is 0.0995. The number of carbonyl (C=O) groups is 1. The topological polar surface area (TPSA) is 338 Å². The molecular weight excluding hydrogens is 676 g/mol. The number of nitrogens with two attached hydrogens (primary N) is 2. The zero-order valence-corrected chi connectivity index (χ0v) is 26.1. The van der Waals surface area contributed by atoms with Gasteiger partial charge < -0.3 is 61.2 Å². The van der Waals surface area contributed by atoms with Crippen molar-refractivity contribution < 1.29 is 72.1 Å². The fourth-order valence-electron chi connectivity index (χ4n) is 5.21. The summed E-state index contributed by atoms with van der Waals surface area (Å²) in [5.41, 5.74) is 9.15. The summed E-state index contributed by atoms with van der Waals surface area (Å²) in [5.74, 6) is -0.723. The van der Waals surface area contributed by atoms with Gasteiger partial charge in [0.15, 0.2) is 23.9 Å². The zero-order chi connectivity index (χ0) is 34.5. The first-order valence-corrected chi connectivity index (χ1v) is 16.7. The average Bonchev–Trinajstić information content (AvgIpc) is 3.64. The maximum Gasteiger partial charge on any atom is 0.481 e. The molecule has 260 valence electrons. The Labute approximate surface area is 264 Å². The summed E-state index contributed by atoms with van der Waals surface area (Å²) in [5, 5.41) is 53.0. The lowest BCUT2D eigenvalue weighted by molar-refractivity contribution is -0.175. The smallest absolute Gasteiger partial charge is 0.390 e. The summed E-state index contributed by atoms with van der Waals surface area (Å²) in [6.45, 7) is -0.984. The summed E-state index contributed by atoms with van der Waals surface area (Å²) in [6.07, 6.45) is -6.15. The Bertz CT molecular complexity index is 1660. The van der Waals surface area contributed by atoms with Gasteiger partial charge in [-0.2, -0.15) is 4.31 Å². The van der Waals surface area contributed by atoms with E-state index in [9.17, 15) is 49.2 Å². The van der Waals surface area contributed by atoms with Crippen molar-refractivity contribution in [1.29, 1.82) is 0 Å². The van der Waals surface area contributed by atoms with Gasteiger partial charge in [-0.1, -0.05) is 6.08 Å². The maximum atomic E-state index is 12.7. The molecule has 5 heterocycles. The van der Waals surface area contributed by atoms with Gasteiger partial charge in [0.1, 0.15) is 48.0 Å². The van der Waals surface area contributed by atoms with Crippen LogP contribution in [-0.4, -0.2) is 127 Å². The molecular formula is C23H33N7O15P2. The van der Waals surface area contributed by atoms with Crippen LogP contribution in [-0.2, 0) is 36.8 Å².